The van der Waals surface area contributed by atoms with Gasteiger partial charge in [0.2, 0.25) is 0 Å². The van der Waals surface area contributed by atoms with Gasteiger partial charge in [-0.05, 0) is 62.1 Å². The molecule has 0 bridgehead atoms. The number of hydrogen-bond donors (Lipinski definition) is 2. The molecule has 0 saturated carbocycles. The Hall–Kier alpha value is -2.08. The van der Waals surface area contributed by atoms with Crippen molar-refractivity contribution in [3.8, 4) is 0 Å². The predicted octanol–water partition coefficient (Wildman–Crippen LogP) is 3.85. The largest absolute Gasteiger partial charge is 0.357 e. The van der Waals surface area contributed by atoms with Crippen molar-refractivity contribution in [1.29, 1.82) is 0 Å². The Morgan fingerprint density at radius 2 is 2.14 bits per heavy atom. The topological polar surface area (TPSA) is 52.6 Å². The molecule has 0 aliphatic carbocycles. The van der Waals surface area contributed by atoms with Gasteiger partial charge in [0.1, 0.15) is 5.82 Å². The Balaban J connectivity index is 1.48. The van der Waals surface area contributed by atoms with Crippen molar-refractivity contribution in [3.05, 3.63) is 46.3 Å². The van der Waals surface area contributed by atoms with E-state index in [4.69, 9.17) is 4.99 Å². The van der Waals surface area contributed by atoms with Crippen molar-refractivity contribution >= 4 is 23.1 Å². The molecule has 0 radical (unpaired) electrons. The average Bonchev–Trinajstić information content (AvgIpc) is 3.20. The molecule has 6 heteroatoms. The lowest BCUT2D eigenvalue weighted by Crippen LogP contribution is -2.49. The summed E-state index contributed by atoms with van der Waals surface area (Å²) in [6.07, 6.45) is 5.25. The number of nitrogens with zero attached hydrogens (tertiary/aromatic N) is 3. The predicted molar refractivity (Wildman–Crippen MR) is 121 cm³/mol. The number of pyridine rings is 1. The number of aliphatic imine (C=N–C) groups is 1. The summed E-state index contributed by atoms with van der Waals surface area (Å²) in [6, 6.07) is 9.07. The summed E-state index contributed by atoms with van der Waals surface area (Å²) in [5.41, 5.74) is 1.21. The molecule has 3 heterocycles. The summed E-state index contributed by atoms with van der Waals surface area (Å²) in [4.78, 5) is 13.2. The first-order valence-electron chi connectivity index (χ1n) is 10.4. The lowest BCUT2D eigenvalue weighted by Gasteiger charge is -2.34. The van der Waals surface area contributed by atoms with E-state index >= 15 is 0 Å². The highest BCUT2D eigenvalue weighted by molar-refractivity contribution is 7.09. The second kappa shape index (κ2) is 10.5. The third kappa shape index (κ3) is 6.23. The van der Waals surface area contributed by atoms with Crippen LogP contribution in [0.3, 0.4) is 0 Å². The Labute approximate surface area is 173 Å². The molecule has 0 aromatic carbocycles. The SMILES string of the molecule is CCNC(=NCC(C)Cc1cccs1)NC1CCN(c2ccc(C)cn2)CC1. The Morgan fingerprint density at radius 3 is 2.79 bits per heavy atom. The number of piperidine rings is 1. The van der Waals surface area contributed by atoms with E-state index in [2.05, 4.69) is 70.9 Å². The van der Waals surface area contributed by atoms with E-state index in [0.717, 1.165) is 57.2 Å². The second-order valence-corrected chi connectivity index (χ2v) is 8.74. The molecule has 0 amide bonds. The minimum atomic E-state index is 0.465. The molecule has 0 spiro atoms. The molecule has 1 aliphatic heterocycles. The highest BCUT2D eigenvalue weighted by Gasteiger charge is 2.21. The average molecular weight is 400 g/mol. The van der Waals surface area contributed by atoms with E-state index in [1.165, 1.54) is 10.4 Å². The van der Waals surface area contributed by atoms with Gasteiger partial charge in [0.25, 0.3) is 0 Å². The standard InChI is InChI=1S/C22H33N5S/c1-4-23-22(25-16-18(3)14-20-6-5-13-28-20)26-19-9-11-27(12-10-19)21-8-7-17(2)15-24-21/h5-8,13,15,18-19H,4,9-12,14,16H2,1-3H3,(H2,23,25,26). The van der Waals surface area contributed by atoms with Crippen LogP contribution in [-0.4, -0.2) is 43.2 Å². The van der Waals surface area contributed by atoms with Crippen LogP contribution in [0.4, 0.5) is 5.82 Å². The first-order chi connectivity index (χ1) is 13.6. The molecule has 152 valence electrons. The van der Waals surface area contributed by atoms with E-state index in [9.17, 15) is 0 Å². The van der Waals surface area contributed by atoms with E-state index < -0.39 is 0 Å². The van der Waals surface area contributed by atoms with Gasteiger partial charge in [-0.15, -0.1) is 11.3 Å². The molecule has 1 aliphatic rings. The zero-order valence-electron chi connectivity index (χ0n) is 17.3. The summed E-state index contributed by atoms with van der Waals surface area (Å²) in [5, 5.41) is 9.20. The zero-order valence-corrected chi connectivity index (χ0v) is 18.1. The second-order valence-electron chi connectivity index (χ2n) is 7.71. The van der Waals surface area contributed by atoms with Crippen LogP contribution in [0, 0.1) is 12.8 Å². The van der Waals surface area contributed by atoms with Crippen LogP contribution in [-0.2, 0) is 6.42 Å². The van der Waals surface area contributed by atoms with Crippen molar-refractivity contribution in [3.63, 3.8) is 0 Å². The molecule has 1 unspecified atom stereocenters. The fourth-order valence-electron chi connectivity index (χ4n) is 3.50. The van der Waals surface area contributed by atoms with E-state index in [1.807, 2.05) is 17.5 Å². The molecule has 2 N–H and O–H groups in total. The number of rotatable bonds is 7. The molecule has 1 fully saturated rings. The van der Waals surface area contributed by atoms with Crippen molar-refractivity contribution < 1.29 is 0 Å². The van der Waals surface area contributed by atoms with Crippen LogP contribution >= 0.6 is 11.3 Å². The van der Waals surface area contributed by atoms with Gasteiger partial charge >= 0.3 is 0 Å². The van der Waals surface area contributed by atoms with Crippen molar-refractivity contribution in [2.24, 2.45) is 10.9 Å². The molecule has 28 heavy (non-hydrogen) atoms. The number of thiophene rings is 1. The van der Waals surface area contributed by atoms with E-state index in [-0.39, 0.29) is 0 Å². The molecule has 2 aromatic rings. The van der Waals surface area contributed by atoms with Crippen LogP contribution in [0.15, 0.2) is 40.8 Å². The van der Waals surface area contributed by atoms with Gasteiger partial charge in [-0.2, -0.15) is 0 Å². The van der Waals surface area contributed by atoms with Crippen LogP contribution in [0.25, 0.3) is 0 Å². The number of guanidine groups is 1. The van der Waals surface area contributed by atoms with Gasteiger partial charge in [0.15, 0.2) is 5.96 Å². The highest BCUT2D eigenvalue weighted by Crippen LogP contribution is 2.18. The monoisotopic (exact) mass is 399 g/mol. The van der Waals surface area contributed by atoms with Gasteiger partial charge in [0, 0.05) is 43.3 Å². The molecule has 3 rings (SSSR count). The first-order valence-corrected chi connectivity index (χ1v) is 11.3. The summed E-state index contributed by atoms with van der Waals surface area (Å²) < 4.78 is 0. The fourth-order valence-corrected chi connectivity index (χ4v) is 4.37. The van der Waals surface area contributed by atoms with Crippen LogP contribution in [0.2, 0.25) is 0 Å². The highest BCUT2D eigenvalue weighted by atomic mass is 32.1. The number of aryl methyl sites for hydroxylation is 1. The smallest absolute Gasteiger partial charge is 0.191 e. The lowest BCUT2D eigenvalue weighted by atomic mass is 10.1. The maximum absolute atomic E-state index is 4.85. The number of nitrogens with one attached hydrogen (secondary N) is 2. The Kier molecular flexibility index (Phi) is 7.71. The van der Waals surface area contributed by atoms with Gasteiger partial charge in [0.05, 0.1) is 0 Å². The van der Waals surface area contributed by atoms with Crippen molar-refractivity contribution in [1.82, 2.24) is 15.6 Å². The molecule has 1 atom stereocenters. The van der Waals surface area contributed by atoms with Crippen LogP contribution in [0.1, 0.15) is 37.1 Å². The van der Waals surface area contributed by atoms with Crippen molar-refractivity contribution in [2.45, 2.75) is 46.1 Å². The van der Waals surface area contributed by atoms with Gasteiger partial charge in [-0.25, -0.2) is 4.98 Å². The maximum Gasteiger partial charge on any atom is 0.191 e. The van der Waals surface area contributed by atoms with Gasteiger partial charge in [-0.3, -0.25) is 4.99 Å². The maximum atomic E-state index is 4.85. The minimum absolute atomic E-state index is 0.465. The molecule has 5 nitrogen and oxygen atoms in total. The Bertz CT molecular complexity index is 718. The summed E-state index contributed by atoms with van der Waals surface area (Å²) in [6.45, 7) is 10.3. The number of anilines is 1. The van der Waals surface area contributed by atoms with E-state index in [1.54, 1.807) is 0 Å². The number of hydrogen-bond acceptors (Lipinski definition) is 4. The van der Waals surface area contributed by atoms with Crippen molar-refractivity contribution in [2.75, 3.05) is 31.1 Å². The van der Waals surface area contributed by atoms with Gasteiger partial charge in [-0.1, -0.05) is 19.1 Å². The van der Waals surface area contributed by atoms with E-state index in [0.29, 0.717) is 12.0 Å². The minimum Gasteiger partial charge on any atom is -0.357 e. The first kappa shape index (κ1) is 20.6. The normalized spacial score (nSPS) is 16.8. The number of aromatic nitrogens is 1. The molecular weight excluding hydrogens is 366 g/mol. The fraction of sp³-hybridized carbons (Fsp3) is 0.545. The molecule has 2 aromatic heterocycles. The van der Waals surface area contributed by atoms with Crippen LogP contribution < -0.4 is 15.5 Å². The van der Waals surface area contributed by atoms with Crippen LogP contribution in [0.5, 0.6) is 0 Å². The third-order valence-corrected chi connectivity index (χ3v) is 5.99. The molecular formula is C22H33N5S. The summed E-state index contributed by atoms with van der Waals surface area (Å²) >= 11 is 1.83. The summed E-state index contributed by atoms with van der Waals surface area (Å²) in [5.74, 6) is 2.59. The lowest BCUT2D eigenvalue weighted by molar-refractivity contribution is 0.458. The third-order valence-electron chi connectivity index (χ3n) is 5.09. The quantitative estimate of drug-likeness (QED) is 0.548. The summed E-state index contributed by atoms with van der Waals surface area (Å²) in [7, 11) is 0. The van der Waals surface area contributed by atoms with Gasteiger partial charge < -0.3 is 15.5 Å². The molecule has 1 saturated heterocycles. The zero-order chi connectivity index (χ0) is 19.8. The Morgan fingerprint density at radius 1 is 1.32 bits per heavy atom.